The van der Waals surface area contributed by atoms with E-state index in [0.29, 0.717) is 12.0 Å². The van der Waals surface area contributed by atoms with Crippen LogP contribution in [0.2, 0.25) is 0 Å². The van der Waals surface area contributed by atoms with Crippen LogP contribution in [0.4, 0.5) is 0 Å². The summed E-state index contributed by atoms with van der Waals surface area (Å²) in [5, 5.41) is 10.5. The second kappa shape index (κ2) is 5.14. The number of carbonyl (C=O) groups is 1. The Labute approximate surface area is 104 Å². The molecule has 90 valence electrons. The summed E-state index contributed by atoms with van der Waals surface area (Å²) in [5.41, 5.74) is 0.360. The molecule has 0 atom stereocenters. The van der Waals surface area contributed by atoms with Crippen molar-refractivity contribution in [3.05, 3.63) is 40.1 Å². The molecule has 17 heavy (non-hydrogen) atoms. The topological polar surface area (TPSA) is 55.1 Å². The number of hydrogen-bond donors (Lipinski definition) is 1. The van der Waals surface area contributed by atoms with Gasteiger partial charge in [0.05, 0.1) is 5.56 Å². The van der Waals surface area contributed by atoms with E-state index in [2.05, 4.69) is 16.5 Å². The molecular formula is C12H14N2O2S. The molecule has 0 radical (unpaired) electrons. The van der Waals surface area contributed by atoms with Crippen LogP contribution in [0.3, 0.4) is 0 Å². The highest BCUT2D eigenvalue weighted by atomic mass is 32.1. The molecule has 2 heterocycles. The second-order valence-corrected chi connectivity index (χ2v) is 4.82. The van der Waals surface area contributed by atoms with Crippen molar-refractivity contribution in [3.8, 4) is 0 Å². The van der Waals surface area contributed by atoms with Gasteiger partial charge < -0.3 is 9.67 Å². The van der Waals surface area contributed by atoms with Gasteiger partial charge in [0.15, 0.2) is 0 Å². The van der Waals surface area contributed by atoms with Crippen LogP contribution in [0.1, 0.15) is 34.4 Å². The molecule has 0 amide bonds. The minimum absolute atomic E-state index is 0.360. The number of carboxylic acid groups (broad SMARTS) is 1. The quantitative estimate of drug-likeness (QED) is 0.887. The Balaban J connectivity index is 2.13. The molecule has 1 N–H and O–H groups in total. The van der Waals surface area contributed by atoms with Gasteiger partial charge in [0.1, 0.15) is 5.82 Å². The summed E-state index contributed by atoms with van der Waals surface area (Å²) in [6.45, 7) is 3.07. The Kier molecular flexibility index (Phi) is 3.58. The van der Waals surface area contributed by atoms with Gasteiger partial charge in [0.25, 0.3) is 0 Å². The van der Waals surface area contributed by atoms with E-state index in [1.54, 1.807) is 17.6 Å². The van der Waals surface area contributed by atoms with E-state index < -0.39 is 5.97 Å². The van der Waals surface area contributed by atoms with E-state index >= 15 is 0 Å². The first-order valence-electron chi connectivity index (χ1n) is 5.51. The third kappa shape index (κ3) is 2.74. The molecule has 0 spiro atoms. The molecule has 0 aliphatic heterocycles. The molecule has 0 unspecified atom stereocenters. The third-order valence-corrected chi connectivity index (χ3v) is 3.44. The van der Waals surface area contributed by atoms with Crippen molar-refractivity contribution in [2.45, 2.75) is 26.3 Å². The summed E-state index contributed by atoms with van der Waals surface area (Å²) in [6, 6.07) is 1.72. The average molecular weight is 250 g/mol. The standard InChI is InChI=1S/C12H14N2O2S/c1-2-4-14-5-3-13-11(14)7-10-6-9(8-17-10)12(15)16/h3,5-6,8H,2,4,7H2,1H3,(H,15,16). The van der Waals surface area contributed by atoms with E-state index in [9.17, 15) is 4.79 Å². The maximum absolute atomic E-state index is 10.8. The first-order chi connectivity index (χ1) is 8.20. The number of nitrogens with zero attached hydrogens (tertiary/aromatic N) is 2. The van der Waals surface area contributed by atoms with Gasteiger partial charge in [-0.25, -0.2) is 9.78 Å². The number of imidazole rings is 1. The highest BCUT2D eigenvalue weighted by Crippen LogP contribution is 2.18. The normalized spacial score (nSPS) is 10.6. The van der Waals surface area contributed by atoms with Crippen molar-refractivity contribution >= 4 is 17.3 Å². The highest BCUT2D eigenvalue weighted by Gasteiger charge is 2.09. The molecule has 0 aromatic carbocycles. The van der Waals surface area contributed by atoms with E-state index in [4.69, 9.17) is 5.11 Å². The molecule has 4 nitrogen and oxygen atoms in total. The van der Waals surface area contributed by atoms with Crippen molar-refractivity contribution in [3.63, 3.8) is 0 Å². The third-order valence-electron chi connectivity index (χ3n) is 2.50. The molecule has 0 aliphatic carbocycles. The first-order valence-corrected chi connectivity index (χ1v) is 6.39. The zero-order chi connectivity index (χ0) is 12.3. The molecule has 2 aromatic heterocycles. The number of carboxylic acids is 1. The fraction of sp³-hybridized carbons (Fsp3) is 0.333. The predicted octanol–water partition coefficient (Wildman–Crippen LogP) is 2.64. The number of aromatic carboxylic acids is 1. The maximum atomic E-state index is 10.8. The number of aryl methyl sites for hydroxylation is 1. The summed E-state index contributed by atoms with van der Waals surface area (Å²) in [6.07, 6.45) is 5.51. The van der Waals surface area contributed by atoms with E-state index in [-0.39, 0.29) is 0 Å². The summed E-state index contributed by atoms with van der Waals surface area (Å²) in [5.74, 6) is 0.120. The van der Waals surface area contributed by atoms with Crippen LogP contribution >= 0.6 is 11.3 Å². The van der Waals surface area contributed by atoms with E-state index in [1.807, 2.05) is 6.20 Å². The summed E-state index contributed by atoms with van der Waals surface area (Å²) in [4.78, 5) is 16.1. The number of aromatic nitrogens is 2. The average Bonchev–Trinajstić information content (AvgIpc) is 2.90. The summed E-state index contributed by atoms with van der Waals surface area (Å²) < 4.78 is 2.11. The molecule has 0 fully saturated rings. The Morgan fingerprint density at radius 3 is 3.06 bits per heavy atom. The molecular weight excluding hydrogens is 236 g/mol. The first kappa shape index (κ1) is 11.9. The Bertz CT molecular complexity index is 516. The smallest absolute Gasteiger partial charge is 0.336 e. The number of thiophene rings is 1. The lowest BCUT2D eigenvalue weighted by Crippen LogP contribution is -2.02. The lowest BCUT2D eigenvalue weighted by Gasteiger charge is -2.04. The molecule has 2 aromatic rings. The van der Waals surface area contributed by atoms with Crippen molar-refractivity contribution in [1.29, 1.82) is 0 Å². The van der Waals surface area contributed by atoms with Crippen LogP contribution in [0.25, 0.3) is 0 Å². The minimum atomic E-state index is -0.871. The van der Waals surface area contributed by atoms with Gasteiger partial charge >= 0.3 is 5.97 Å². The zero-order valence-corrected chi connectivity index (χ0v) is 10.4. The van der Waals surface area contributed by atoms with Gasteiger partial charge in [-0.1, -0.05) is 6.92 Å². The molecule has 0 saturated heterocycles. The van der Waals surface area contributed by atoms with Crippen molar-refractivity contribution < 1.29 is 9.90 Å². The van der Waals surface area contributed by atoms with Crippen LogP contribution in [-0.2, 0) is 13.0 Å². The van der Waals surface area contributed by atoms with Gasteiger partial charge in [-0.15, -0.1) is 11.3 Å². The predicted molar refractivity (Wildman–Crippen MR) is 66.6 cm³/mol. The maximum Gasteiger partial charge on any atom is 0.336 e. The van der Waals surface area contributed by atoms with E-state index in [1.165, 1.54) is 11.3 Å². The Morgan fingerprint density at radius 1 is 1.59 bits per heavy atom. The molecule has 2 rings (SSSR count). The number of rotatable bonds is 5. The minimum Gasteiger partial charge on any atom is -0.478 e. The molecule has 5 heteroatoms. The molecule has 0 aliphatic rings. The fourth-order valence-electron chi connectivity index (χ4n) is 1.69. The Morgan fingerprint density at radius 2 is 2.41 bits per heavy atom. The molecule has 0 bridgehead atoms. The lowest BCUT2D eigenvalue weighted by atomic mass is 10.2. The highest BCUT2D eigenvalue weighted by molar-refractivity contribution is 7.10. The van der Waals surface area contributed by atoms with Crippen LogP contribution in [-0.4, -0.2) is 20.6 Å². The van der Waals surface area contributed by atoms with Gasteiger partial charge in [0, 0.05) is 35.6 Å². The van der Waals surface area contributed by atoms with Crippen molar-refractivity contribution in [2.24, 2.45) is 0 Å². The SMILES string of the molecule is CCCn1ccnc1Cc1cc(C(=O)O)cs1. The zero-order valence-electron chi connectivity index (χ0n) is 9.59. The fourth-order valence-corrected chi connectivity index (χ4v) is 2.55. The van der Waals surface area contributed by atoms with E-state index in [0.717, 1.165) is 23.7 Å². The Hall–Kier alpha value is -1.62. The lowest BCUT2D eigenvalue weighted by molar-refractivity contribution is 0.0697. The molecule has 0 saturated carbocycles. The van der Waals surface area contributed by atoms with Crippen LogP contribution in [0.15, 0.2) is 23.8 Å². The monoisotopic (exact) mass is 250 g/mol. The van der Waals surface area contributed by atoms with Crippen LogP contribution in [0, 0.1) is 0 Å². The van der Waals surface area contributed by atoms with Crippen molar-refractivity contribution in [2.75, 3.05) is 0 Å². The largest absolute Gasteiger partial charge is 0.478 e. The number of hydrogen-bond acceptors (Lipinski definition) is 3. The van der Waals surface area contributed by atoms with Gasteiger partial charge in [0.2, 0.25) is 0 Å². The van der Waals surface area contributed by atoms with Crippen LogP contribution in [0.5, 0.6) is 0 Å². The van der Waals surface area contributed by atoms with Gasteiger partial charge in [-0.2, -0.15) is 0 Å². The second-order valence-electron chi connectivity index (χ2n) is 3.82. The van der Waals surface area contributed by atoms with Crippen molar-refractivity contribution in [1.82, 2.24) is 9.55 Å². The summed E-state index contributed by atoms with van der Waals surface area (Å²) in [7, 11) is 0. The summed E-state index contributed by atoms with van der Waals surface area (Å²) >= 11 is 1.47. The van der Waals surface area contributed by atoms with Gasteiger partial charge in [-0.3, -0.25) is 0 Å². The van der Waals surface area contributed by atoms with Crippen LogP contribution < -0.4 is 0 Å². The van der Waals surface area contributed by atoms with Gasteiger partial charge in [-0.05, 0) is 12.5 Å².